The van der Waals surface area contributed by atoms with Crippen molar-refractivity contribution in [1.29, 1.82) is 0 Å². The van der Waals surface area contributed by atoms with Gasteiger partial charge < -0.3 is 10.3 Å². The molecule has 0 spiro atoms. The Hall–Kier alpha value is -0.950. The van der Waals surface area contributed by atoms with Gasteiger partial charge in [-0.3, -0.25) is 0 Å². The number of hydrogen-bond acceptors (Lipinski definition) is 5. The van der Waals surface area contributed by atoms with Gasteiger partial charge in [0.2, 0.25) is 0 Å². The van der Waals surface area contributed by atoms with Gasteiger partial charge in [0.05, 0.1) is 5.75 Å². The van der Waals surface area contributed by atoms with Crippen molar-refractivity contribution in [2.24, 2.45) is 5.73 Å². The second-order valence-corrected chi connectivity index (χ2v) is 7.18. The van der Waals surface area contributed by atoms with Gasteiger partial charge in [-0.25, -0.2) is 8.42 Å². The summed E-state index contributed by atoms with van der Waals surface area (Å²) in [5.74, 6) is 1.74. The molecule has 0 aliphatic carbocycles. The number of hydrogen-bond donors (Lipinski definition) is 1. The van der Waals surface area contributed by atoms with Gasteiger partial charge in [0.1, 0.15) is 11.1 Å². The minimum Gasteiger partial charge on any atom is -0.327 e. The van der Waals surface area contributed by atoms with Crippen LogP contribution in [0.4, 0.5) is 0 Å². The van der Waals surface area contributed by atoms with Crippen LogP contribution in [0.1, 0.15) is 36.2 Å². The Bertz CT molecular complexity index is 537. The fourth-order valence-corrected chi connectivity index (χ4v) is 4.57. The van der Waals surface area contributed by atoms with Crippen LogP contribution in [0.25, 0.3) is 0 Å². The molecule has 17 heavy (non-hydrogen) atoms. The predicted octanol–water partition coefficient (Wildman–Crippen LogP) is -0.199. The second kappa shape index (κ2) is 3.78. The fourth-order valence-electron chi connectivity index (χ4n) is 2.69. The van der Waals surface area contributed by atoms with E-state index in [0.29, 0.717) is 18.7 Å². The Kier molecular flexibility index (Phi) is 2.48. The van der Waals surface area contributed by atoms with Gasteiger partial charge in [-0.15, -0.1) is 10.2 Å². The van der Waals surface area contributed by atoms with E-state index >= 15 is 0 Å². The zero-order valence-corrected chi connectivity index (χ0v) is 10.4. The van der Waals surface area contributed by atoms with Crippen molar-refractivity contribution in [2.45, 2.75) is 43.5 Å². The molecule has 0 radical (unpaired) electrons. The number of rotatable bonds is 1. The summed E-state index contributed by atoms with van der Waals surface area (Å²) in [6.07, 6.45) is 2.96. The molecule has 2 unspecified atom stereocenters. The molecule has 2 N–H and O–H groups in total. The van der Waals surface area contributed by atoms with Crippen LogP contribution in [-0.2, 0) is 22.8 Å². The summed E-state index contributed by atoms with van der Waals surface area (Å²) in [7, 11) is -3.01. The van der Waals surface area contributed by atoms with E-state index < -0.39 is 15.1 Å². The van der Waals surface area contributed by atoms with Crippen LogP contribution in [0.15, 0.2) is 0 Å². The molecular formula is C10H16N4O2S. The highest BCUT2D eigenvalue weighted by atomic mass is 32.2. The summed E-state index contributed by atoms with van der Waals surface area (Å²) in [6, 6.07) is 0.125. The molecule has 1 saturated heterocycles. The van der Waals surface area contributed by atoms with Gasteiger partial charge in [0.15, 0.2) is 15.7 Å². The monoisotopic (exact) mass is 256 g/mol. The molecule has 6 nitrogen and oxygen atoms in total. The Balaban J connectivity index is 2.00. The minimum atomic E-state index is -3.01. The topological polar surface area (TPSA) is 90.9 Å². The molecule has 3 rings (SSSR count). The molecule has 7 heteroatoms. The van der Waals surface area contributed by atoms with Crippen LogP contribution in [0.2, 0.25) is 0 Å². The van der Waals surface area contributed by atoms with E-state index in [1.165, 1.54) is 0 Å². The number of sulfone groups is 1. The molecule has 3 heterocycles. The summed E-state index contributed by atoms with van der Waals surface area (Å²) in [5, 5.41) is 7.73. The highest BCUT2D eigenvalue weighted by Gasteiger charge is 2.37. The fraction of sp³-hybridized carbons (Fsp3) is 0.800. The van der Waals surface area contributed by atoms with Gasteiger partial charge in [-0.1, -0.05) is 0 Å². The van der Waals surface area contributed by atoms with Gasteiger partial charge in [-0.2, -0.15) is 0 Å². The molecule has 0 saturated carbocycles. The maximum Gasteiger partial charge on any atom is 0.160 e. The van der Waals surface area contributed by atoms with Crippen LogP contribution >= 0.6 is 0 Å². The standard InChI is InChI=1S/C10H16N4O2S/c11-7-3-4-14-9(6-7)12-13-10(14)8-2-1-5-17(8,15)16/h7-8H,1-6,11H2. The van der Waals surface area contributed by atoms with Crippen molar-refractivity contribution in [2.75, 3.05) is 5.75 Å². The molecule has 2 aliphatic heterocycles. The lowest BCUT2D eigenvalue weighted by molar-refractivity contribution is 0.451. The third-order valence-electron chi connectivity index (χ3n) is 3.64. The van der Waals surface area contributed by atoms with E-state index in [4.69, 9.17) is 5.73 Å². The van der Waals surface area contributed by atoms with Gasteiger partial charge in [0, 0.05) is 19.0 Å². The summed E-state index contributed by atoms with van der Waals surface area (Å²) in [5.41, 5.74) is 5.87. The molecule has 94 valence electrons. The van der Waals surface area contributed by atoms with Crippen molar-refractivity contribution in [1.82, 2.24) is 14.8 Å². The van der Waals surface area contributed by atoms with Crippen LogP contribution in [0.3, 0.4) is 0 Å². The van der Waals surface area contributed by atoms with Crippen molar-refractivity contribution >= 4 is 9.84 Å². The summed E-state index contributed by atoms with van der Waals surface area (Å²) >= 11 is 0. The van der Waals surface area contributed by atoms with E-state index in [0.717, 1.165) is 25.2 Å². The first kappa shape index (κ1) is 11.2. The Morgan fingerprint density at radius 1 is 1.29 bits per heavy atom. The average molecular weight is 256 g/mol. The van der Waals surface area contributed by atoms with Crippen LogP contribution in [0, 0.1) is 0 Å². The second-order valence-electron chi connectivity index (χ2n) is 4.88. The predicted molar refractivity (Wildman–Crippen MR) is 62.1 cm³/mol. The van der Waals surface area contributed by atoms with E-state index in [1.54, 1.807) is 0 Å². The van der Waals surface area contributed by atoms with Crippen LogP contribution in [0.5, 0.6) is 0 Å². The maximum atomic E-state index is 11.9. The normalized spacial score (nSPS) is 31.4. The number of aromatic nitrogens is 3. The Morgan fingerprint density at radius 3 is 2.82 bits per heavy atom. The first-order chi connectivity index (χ1) is 8.08. The van der Waals surface area contributed by atoms with E-state index in [-0.39, 0.29) is 11.8 Å². The smallest absolute Gasteiger partial charge is 0.160 e. The molecule has 1 fully saturated rings. The molecule has 0 amide bonds. The lowest BCUT2D eigenvalue weighted by Gasteiger charge is -2.21. The van der Waals surface area contributed by atoms with Gasteiger partial charge >= 0.3 is 0 Å². The summed E-state index contributed by atoms with van der Waals surface area (Å²) in [4.78, 5) is 0. The highest BCUT2D eigenvalue weighted by molar-refractivity contribution is 7.91. The molecule has 2 atom stereocenters. The van der Waals surface area contributed by atoms with Gasteiger partial charge in [-0.05, 0) is 19.3 Å². The van der Waals surface area contributed by atoms with Crippen LogP contribution < -0.4 is 5.73 Å². The van der Waals surface area contributed by atoms with Crippen LogP contribution in [-0.4, -0.2) is 35.0 Å². The van der Waals surface area contributed by atoms with Crippen molar-refractivity contribution < 1.29 is 8.42 Å². The largest absolute Gasteiger partial charge is 0.327 e. The van der Waals surface area contributed by atoms with E-state index in [9.17, 15) is 8.42 Å². The lowest BCUT2D eigenvalue weighted by Crippen LogP contribution is -2.32. The van der Waals surface area contributed by atoms with E-state index in [2.05, 4.69) is 10.2 Å². The number of nitrogens with two attached hydrogens (primary N) is 1. The molecule has 1 aromatic rings. The maximum absolute atomic E-state index is 11.9. The minimum absolute atomic E-state index is 0.125. The number of fused-ring (bicyclic) bond motifs is 1. The highest BCUT2D eigenvalue weighted by Crippen LogP contribution is 2.34. The van der Waals surface area contributed by atoms with E-state index in [1.807, 2.05) is 4.57 Å². The SMILES string of the molecule is NC1CCn2c(nnc2C2CCCS2(=O)=O)C1. The third kappa shape index (κ3) is 1.77. The lowest BCUT2D eigenvalue weighted by atomic mass is 10.1. The first-order valence-electron chi connectivity index (χ1n) is 5.97. The zero-order valence-electron chi connectivity index (χ0n) is 9.54. The first-order valence-corrected chi connectivity index (χ1v) is 7.68. The molecule has 2 aliphatic rings. The van der Waals surface area contributed by atoms with Crippen molar-refractivity contribution in [3.8, 4) is 0 Å². The Labute approximate surface area is 100 Å². The Morgan fingerprint density at radius 2 is 2.12 bits per heavy atom. The van der Waals surface area contributed by atoms with Crippen molar-refractivity contribution in [3.63, 3.8) is 0 Å². The molecule has 1 aromatic heterocycles. The zero-order chi connectivity index (χ0) is 12.0. The average Bonchev–Trinajstić information content (AvgIpc) is 2.80. The third-order valence-corrected chi connectivity index (χ3v) is 5.81. The van der Waals surface area contributed by atoms with Gasteiger partial charge in [0.25, 0.3) is 0 Å². The van der Waals surface area contributed by atoms with Crippen molar-refractivity contribution in [3.05, 3.63) is 11.6 Å². The summed E-state index contributed by atoms with van der Waals surface area (Å²) < 4.78 is 25.8. The molecular weight excluding hydrogens is 240 g/mol. The molecule has 0 aromatic carbocycles. The summed E-state index contributed by atoms with van der Waals surface area (Å²) in [6.45, 7) is 0.741. The quantitative estimate of drug-likeness (QED) is 0.751. The molecule has 0 bridgehead atoms. The number of nitrogens with zero attached hydrogens (tertiary/aromatic N) is 3.